The SMILES string of the molecule is Cc1cc(F)ccc1COCC1CCNCC1. The first-order valence-electron chi connectivity index (χ1n) is 6.29. The van der Waals surface area contributed by atoms with Gasteiger partial charge in [0.1, 0.15) is 5.82 Å². The summed E-state index contributed by atoms with van der Waals surface area (Å²) in [6, 6.07) is 4.87. The van der Waals surface area contributed by atoms with E-state index >= 15 is 0 Å². The third-order valence-electron chi connectivity index (χ3n) is 3.37. The quantitative estimate of drug-likeness (QED) is 0.869. The van der Waals surface area contributed by atoms with Crippen LogP contribution >= 0.6 is 0 Å². The number of ether oxygens (including phenoxy) is 1. The fraction of sp³-hybridized carbons (Fsp3) is 0.571. The highest BCUT2D eigenvalue weighted by Gasteiger charge is 2.12. The number of rotatable bonds is 4. The molecule has 1 aliphatic rings. The van der Waals surface area contributed by atoms with Crippen LogP contribution in [0.2, 0.25) is 0 Å². The molecular weight excluding hydrogens is 217 g/mol. The van der Waals surface area contributed by atoms with Crippen molar-refractivity contribution in [2.24, 2.45) is 5.92 Å². The molecule has 94 valence electrons. The van der Waals surface area contributed by atoms with E-state index in [2.05, 4.69) is 5.32 Å². The largest absolute Gasteiger partial charge is 0.376 e. The van der Waals surface area contributed by atoms with Gasteiger partial charge in [0, 0.05) is 6.61 Å². The molecule has 0 aliphatic carbocycles. The molecule has 2 nitrogen and oxygen atoms in total. The Balaban J connectivity index is 1.77. The highest BCUT2D eigenvalue weighted by molar-refractivity contribution is 5.25. The summed E-state index contributed by atoms with van der Waals surface area (Å²) >= 11 is 0. The summed E-state index contributed by atoms with van der Waals surface area (Å²) in [4.78, 5) is 0. The predicted molar refractivity (Wildman–Crippen MR) is 66.4 cm³/mol. The molecule has 1 N–H and O–H groups in total. The predicted octanol–water partition coefficient (Wildman–Crippen LogP) is 2.65. The maximum atomic E-state index is 12.9. The Bertz CT molecular complexity index is 361. The zero-order chi connectivity index (χ0) is 12.1. The van der Waals surface area contributed by atoms with Crippen molar-refractivity contribution in [1.29, 1.82) is 0 Å². The highest BCUT2D eigenvalue weighted by atomic mass is 19.1. The second-order valence-corrected chi connectivity index (χ2v) is 4.78. The van der Waals surface area contributed by atoms with Gasteiger partial charge in [0.25, 0.3) is 0 Å². The zero-order valence-electron chi connectivity index (χ0n) is 10.3. The van der Waals surface area contributed by atoms with Gasteiger partial charge in [-0.15, -0.1) is 0 Å². The number of halogens is 1. The normalized spacial score (nSPS) is 17.3. The van der Waals surface area contributed by atoms with Crippen LogP contribution in [0.3, 0.4) is 0 Å². The average Bonchev–Trinajstić information content (AvgIpc) is 2.33. The minimum absolute atomic E-state index is 0.176. The minimum atomic E-state index is -0.176. The van der Waals surface area contributed by atoms with Crippen molar-refractivity contribution in [3.05, 3.63) is 35.1 Å². The van der Waals surface area contributed by atoms with E-state index in [0.717, 1.165) is 30.8 Å². The maximum absolute atomic E-state index is 12.9. The molecule has 0 spiro atoms. The van der Waals surface area contributed by atoms with Crippen LogP contribution in [0.4, 0.5) is 4.39 Å². The molecule has 1 fully saturated rings. The first-order valence-corrected chi connectivity index (χ1v) is 6.29. The second kappa shape index (κ2) is 6.12. The van der Waals surface area contributed by atoms with E-state index < -0.39 is 0 Å². The van der Waals surface area contributed by atoms with Gasteiger partial charge in [-0.05, 0) is 62.0 Å². The number of nitrogens with one attached hydrogen (secondary N) is 1. The molecule has 0 saturated carbocycles. The van der Waals surface area contributed by atoms with Crippen LogP contribution < -0.4 is 5.32 Å². The molecule has 1 aliphatic heterocycles. The van der Waals surface area contributed by atoms with Crippen LogP contribution in [0.1, 0.15) is 24.0 Å². The molecule has 1 aromatic rings. The molecule has 0 atom stereocenters. The van der Waals surface area contributed by atoms with Crippen molar-refractivity contribution in [3.63, 3.8) is 0 Å². The molecule has 17 heavy (non-hydrogen) atoms. The molecule has 1 heterocycles. The number of benzene rings is 1. The summed E-state index contributed by atoms with van der Waals surface area (Å²) in [6.07, 6.45) is 2.39. The summed E-state index contributed by atoms with van der Waals surface area (Å²) in [5, 5.41) is 3.34. The smallest absolute Gasteiger partial charge is 0.123 e. The summed E-state index contributed by atoms with van der Waals surface area (Å²) in [6.45, 7) is 5.54. The van der Waals surface area contributed by atoms with E-state index in [1.54, 1.807) is 6.07 Å². The van der Waals surface area contributed by atoms with Gasteiger partial charge in [0.15, 0.2) is 0 Å². The number of hydrogen-bond acceptors (Lipinski definition) is 2. The molecule has 2 rings (SSSR count). The third-order valence-corrected chi connectivity index (χ3v) is 3.37. The highest BCUT2D eigenvalue weighted by Crippen LogP contribution is 2.15. The van der Waals surface area contributed by atoms with Gasteiger partial charge in [-0.3, -0.25) is 0 Å². The molecule has 1 saturated heterocycles. The van der Waals surface area contributed by atoms with Crippen LogP contribution in [0.5, 0.6) is 0 Å². The van der Waals surface area contributed by atoms with E-state index in [-0.39, 0.29) is 5.82 Å². The van der Waals surface area contributed by atoms with Crippen molar-refractivity contribution in [2.45, 2.75) is 26.4 Å². The first-order chi connectivity index (χ1) is 8.25. The monoisotopic (exact) mass is 237 g/mol. The summed E-state index contributed by atoms with van der Waals surface area (Å²) in [7, 11) is 0. The topological polar surface area (TPSA) is 21.3 Å². The fourth-order valence-electron chi connectivity index (χ4n) is 2.21. The van der Waals surface area contributed by atoms with E-state index in [4.69, 9.17) is 4.74 Å². The van der Waals surface area contributed by atoms with Gasteiger partial charge >= 0.3 is 0 Å². The molecule has 0 bridgehead atoms. The van der Waals surface area contributed by atoms with Crippen LogP contribution in [-0.2, 0) is 11.3 Å². The van der Waals surface area contributed by atoms with Crippen molar-refractivity contribution in [3.8, 4) is 0 Å². The number of hydrogen-bond donors (Lipinski definition) is 1. The Morgan fingerprint density at radius 3 is 2.82 bits per heavy atom. The van der Waals surface area contributed by atoms with Gasteiger partial charge in [-0.1, -0.05) is 6.07 Å². The zero-order valence-corrected chi connectivity index (χ0v) is 10.3. The Morgan fingerprint density at radius 2 is 2.12 bits per heavy atom. The van der Waals surface area contributed by atoms with E-state index in [1.807, 2.05) is 13.0 Å². The second-order valence-electron chi connectivity index (χ2n) is 4.78. The van der Waals surface area contributed by atoms with Crippen LogP contribution in [0.25, 0.3) is 0 Å². The maximum Gasteiger partial charge on any atom is 0.123 e. The Hall–Kier alpha value is -0.930. The van der Waals surface area contributed by atoms with E-state index in [0.29, 0.717) is 12.5 Å². The molecule has 0 amide bonds. The van der Waals surface area contributed by atoms with Crippen LogP contribution in [0, 0.1) is 18.7 Å². The van der Waals surface area contributed by atoms with Gasteiger partial charge in [-0.25, -0.2) is 4.39 Å². The molecule has 0 aromatic heterocycles. The van der Waals surface area contributed by atoms with Crippen molar-refractivity contribution >= 4 is 0 Å². The molecule has 1 aromatic carbocycles. The summed E-state index contributed by atoms with van der Waals surface area (Å²) < 4.78 is 18.6. The lowest BCUT2D eigenvalue weighted by Gasteiger charge is -2.22. The minimum Gasteiger partial charge on any atom is -0.376 e. The summed E-state index contributed by atoms with van der Waals surface area (Å²) in [5.41, 5.74) is 2.05. The standard InChI is InChI=1S/C14H20FNO/c1-11-8-14(15)3-2-13(11)10-17-9-12-4-6-16-7-5-12/h2-3,8,12,16H,4-7,9-10H2,1H3. The lowest BCUT2D eigenvalue weighted by molar-refractivity contribution is 0.0760. The first kappa shape index (κ1) is 12.5. The molecular formula is C14H20FNO. The Kier molecular flexibility index (Phi) is 4.51. The molecule has 0 unspecified atom stereocenters. The van der Waals surface area contributed by atoms with Gasteiger partial charge in [0.2, 0.25) is 0 Å². The van der Waals surface area contributed by atoms with Crippen LogP contribution in [-0.4, -0.2) is 19.7 Å². The van der Waals surface area contributed by atoms with Crippen molar-refractivity contribution < 1.29 is 9.13 Å². The van der Waals surface area contributed by atoms with E-state index in [9.17, 15) is 4.39 Å². The van der Waals surface area contributed by atoms with Crippen molar-refractivity contribution in [1.82, 2.24) is 5.32 Å². The average molecular weight is 237 g/mol. The lowest BCUT2D eigenvalue weighted by atomic mass is 9.99. The third kappa shape index (κ3) is 3.79. The lowest BCUT2D eigenvalue weighted by Crippen LogP contribution is -2.29. The van der Waals surface area contributed by atoms with Crippen LogP contribution in [0.15, 0.2) is 18.2 Å². The van der Waals surface area contributed by atoms with Gasteiger partial charge < -0.3 is 10.1 Å². The number of piperidine rings is 1. The number of aryl methyl sites for hydroxylation is 1. The van der Waals surface area contributed by atoms with Gasteiger partial charge in [0.05, 0.1) is 6.61 Å². The van der Waals surface area contributed by atoms with Crippen molar-refractivity contribution in [2.75, 3.05) is 19.7 Å². The Labute approximate surface area is 102 Å². The molecule has 3 heteroatoms. The Morgan fingerprint density at radius 1 is 1.35 bits per heavy atom. The summed E-state index contributed by atoms with van der Waals surface area (Å²) in [5.74, 6) is 0.501. The van der Waals surface area contributed by atoms with Gasteiger partial charge in [-0.2, -0.15) is 0 Å². The molecule has 0 radical (unpaired) electrons. The van der Waals surface area contributed by atoms with E-state index in [1.165, 1.54) is 18.9 Å². The fourth-order valence-corrected chi connectivity index (χ4v) is 2.21.